The lowest BCUT2D eigenvalue weighted by Gasteiger charge is -2.30. The Morgan fingerprint density at radius 2 is 0.957 bits per heavy atom. The van der Waals surface area contributed by atoms with E-state index in [9.17, 15) is 24.4 Å². The van der Waals surface area contributed by atoms with Crippen LogP contribution in [-0.4, -0.2) is 49.9 Å². The van der Waals surface area contributed by atoms with Gasteiger partial charge in [-0.3, -0.25) is 14.1 Å². The van der Waals surface area contributed by atoms with Crippen LogP contribution in [0.15, 0.2) is 12.2 Å². The normalized spacial score (nSPS) is 14.1. The second-order valence-electron chi connectivity index (χ2n) is 13.3. The highest BCUT2D eigenvalue weighted by Crippen LogP contribution is 2.38. The molecule has 0 saturated heterocycles. The third-order valence-electron chi connectivity index (χ3n) is 8.89. The Morgan fingerprint density at radius 1 is 0.609 bits per heavy atom. The van der Waals surface area contributed by atoms with E-state index in [1.54, 1.807) is 0 Å². The molecule has 0 aromatic rings. The van der Waals surface area contributed by atoms with E-state index in [2.05, 4.69) is 30.5 Å². The van der Waals surface area contributed by atoms with E-state index in [0.717, 1.165) is 64.2 Å². The number of phosphoric ester groups is 1. The molecule has 0 bridgehead atoms. The minimum Gasteiger partial charge on any atom is -0.382 e. The number of aliphatic hydroxyl groups is 2. The number of hydrogen-bond acceptors (Lipinski definition) is 6. The van der Waals surface area contributed by atoms with Crippen molar-refractivity contribution in [3.8, 4) is 0 Å². The molecule has 0 rings (SSSR count). The van der Waals surface area contributed by atoms with E-state index in [1.165, 1.54) is 89.9 Å². The molecule has 0 saturated carbocycles. The lowest BCUT2D eigenvalue weighted by atomic mass is 9.85. The summed E-state index contributed by atoms with van der Waals surface area (Å²) < 4.78 is 15.7. The Hall–Kier alpha value is -0.890. The molecule has 1 unspecified atom stereocenters. The first-order valence-corrected chi connectivity index (χ1v) is 20.4. The summed E-state index contributed by atoms with van der Waals surface area (Å²) in [5, 5.41) is 21.7. The largest absolute Gasteiger partial charge is 0.469 e. The van der Waals surface area contributed by atoms with E-state index >= 15 is 0 Å². The number of phosphoric acid groups is 1. The van der Waals surface area contributed by atoms with Crippen molar-refractivity contribution in [1.29, 1.82) is 0 Å². The van der Waals surface area contributed by atoms with Gasteiger partial charge in [-0.1, -0.05) is 154 Å². The molecule has 0 fully saturated rings. The SMILES string of the molecule is CCCCCCCC/C=C\CCCCCCCC(=O)[C@](O)(COP(=O)(O)O)C(O)C(=O)CCCCCCCCCCCCCCC. The van der Waals surface area contributed by atoms with Crippen molar-refractivity contribution >= 4 is 19.4 Å². The van der Waals surface area contributed by atoms with Crippen LogP contribution >= 0.6 is 7.82 Å². The predicted octanol–water partition coefficient (Wildman–Crippen LogP) is 9.84. The second kappa shape index (κ2) is 30.2. The molecule has 0 aromatic heterocycles. The van der Waals surface area contributed by atoms with Crippen LogP contribution in [0.1, 0.15) is 194 Å². The molecule has 0 radical (unpaired) electrons. The van der Waals surface area contributed by atoms with Crippen molar-refractivity contribution in [2.45, 2.75) is 205 Å². The molecule has 0 aliphatic heterocycles. The maximum absolute atomic E-state index is 12.9. The molecule has 0 aliphatic carbocycles. The van der Waals surface area contributed by atoms with E-state index in [4.69, 9.17) is 9.79 Å². The summed E-state index contributed by atoms with van der Waals surface area (Å²) in [5.74, 6) is -1.54. The highest BCUT2D eigenvalue weighted by molar-refractivity contribution is 7.46. The average Bonchev–Trinajstić information content (AvgIpc) is 3.02. The molecule has 272 valence electrons. The lowest BCUT2D eigenvalue weighted by molar-refractivity contribution is -0.165. The molecule has 0 amide bonds. The van der Waals surface area contributed by atoms with Crippen LogP contribution in [0.2, 0.25) is 0 Å². The Labute approximate surface area is 281 Å². The van der Waals surface area contributed by atoms with Crippen molar-refractivity contribution < 1.29 is 38.7 Å². The van der Waals surface area contributed by atoms with Gasteiger partial charge in [0.15, 0.2) is 23.3 Å². The summed E-state index contributed by atoms with van der Waals surface area (Å²) >= 11 is 0. The molecule has 0 spiro atoms. The van der Waals surface area contributed by atoms with Crippen molar-refractivity contribution in [1.82, 2.24) is 0 Å². The van der Waals surface area contributed by atoms with Crippen LogP contribution in [0.3, 0.4) is 0 Å². The van der Waals surface area contributed by atoms with Crippen molar-refractivity contribution in [2.75, 3.05) is 6.61 Å². The maximum atomic E-state index is 12.9. The summed E-state index contributed by atoms with van der Waals surface area (Å²) in [6, 6.07) is 0. The highest BCUT2D eigenvalue weighted by Gasteiger charge is 2.47. The Kier molecular flexibility index (Phi) is 29.6. The van der Waals surface area contributed by atoms with E-state index in [1.807, 2.05) is 0 Å². The van der Waals surface area contributed by atoms with Gasteiger partial charge in [-0.2, -0.15) is 0 Å². The minimum absolute atomic E-state index is 0.0160. The van der Waals surface area contributed by atoms with Crippen molar-refractivity contribution in [3.05, 3.63) is 12.2 Å². The van der Waals surface area contributed by atoms with Gasteiger partial charge in [-0.25, -0.2) is 4.57 Å². The average molecular weight is 675 g/mol. The van der Waals surface area contributed by atoms with Crippen LogP contribution in [0.4, 0.5) is 0 Å². The molecule has 9 heteroatoms. The number of unbranched alkanes of at least 4 members (excludes halogenated alkanes) is 23. The Morgan fingerprint density at radius 3 is 1.35 bits per heavy atom. The van der Waals surface area contributed by atoms with Crippen LogP contribution < -0.4 is 0 Å². The summed E-state index contributed by atoms with van der Waals surface area (Å²) in [5.41, 5.74) is -2.68. The zero-order valence-electron chi connectivity index (χ0n) is 29.6. The number of aliphatic hydroxyl groups excluding tert-OH is 1. The number of rotatable bonds is 35. The quantitative estimate of drug-likeness (QED) is 0.0296. The Bertz CT molecular complexity index is 811. The van der Waals surface area contributed by atoms with Gasteiger partial charge < -0.3 is 20.0 Å². The number of allylic oxidation sites excluding steroid dienone is 2. The molecule has 8 nitrogen and oxygen atoms in total. The number of carbonyl (C=O) groups is 2. The fourth-order valence-electron chi connectivity index (χ4n) is 5.79. The van der Waals surface area contributed by atoms with Gasteiger partial charge in [0.25, 0.3) is 0 Å². The number of hydrogen-bond donors (Lipinski definition) is 4. The van der Waals surface area contributed by atoms with E-state index in [-0.39, 0.29) is 12.8 Å². The zero-order valence-corrected chi connectivity index (χ0v) is 30.5. The van der Waals surface area contributed by atoms with Gasteiger partial charge in [0.1, 0.15) is 0 Å². The molecule has 2 atom stereocenters. The number of Topliss-reactive ketones (excluding diaryl/α,β-unsaturated/α-hetero) is 2. The number of ketones is 2. The van der Waals surface area contributed by atoms with Crippen LogP contribution in [0.5, 0.6) is 0 Å². The zero-order chi connectivity index (χ0) is 34.4. The summed E-state index contributed by atoms with van der Waals surface area (Å²) in [4.78, 5) is 43.9. The Balaban J connectivity index is 4.31. The lowest BCUT2D eigenvalue weighted by Crippen LogP contribution is -2.56. The van der Waals surface area contributed by atoms with E-state index in [0.29, 0.717) is 12.8 Å². The topological polar surface area (TPSA) is 141 Å². The standard InChI is InChI=1S/C37H71O8P/c1-3-5-7-9-11-13-15-17-18-20-22-24-26-28-30-32-35(39)37(41,33-45-46(42,43)44)36(40)34(38)31-29-27-25-23-21-19-16-14-12-10-8-6-4-2/h17-18,36,40-41H,3-16,19-33H2,1-2H3,(H2,42,43,44)/b18-17-/t36?,37-/m1/s1. The molecule has 0 aromatic carbocycles. The van der Waals surface area contributed by atoms with Gasteiger partial charge in [-0.05, 0) is 38.5 Å². The number of carbonyl (C=O) groups excluding carboxylic acids is 2. The van der Waals surface area contributed by atoms with Crippen LogP contribution in [0.25, 0.3) is 0 Å². The fraction of sp³-hybridized carbons (Fsp3) is 0.892. The molecule has 0 aliphatic rings. The van der Waals surface area contributed by atoms with Crippen LogP contribution in [-0.2, 0) is 18.7 Å². The predicted molar refractivity (Wildman–Crippen MR) is 189 cm³/mol. The summed E-state index contributed by atoms with van der Waals surface area (Å²) in [6.45, 7) is 3.33. The van der Waals surface area contributed by atoms with Gasteiger partial charge in [-0.15, -0.1) is 0 Å². The molecule has 46 heavy (non-hydrogen) atoms. The second-order valence-corrected chi connectivity index (χ2v) is 14.5. The fourth-order valence-corrected chi connectivity index (χ4v) is 6.15. The van der Waals surface area contributed by atoms with Crippen molar-refractivity contribution in [3.63, 3.8) is 0 Å². The monoisotopic (exact) mass is 674 g/mol. The van der Waals surface area contributed by atoms with E-state index < -0.39 is 37.7 Å². The summed E-state index contributed by atoms with van der Waals surface area (Å²) in [7, 11) is -5.03. The first-order valence-electron chi connectivity index (χ1n) is 18.9. The van der Waals surface area contributed by atoms with Gasteiger partial charge >= 0.3 is 7.82 Å². The first-order chi connectivity index (χ1) is 22.1. The molecular formula is C37H71O8P. The highest BCUT2D eigenvalue weighted by atomic mass is 31.2. The van der Waals surface area contributed by atoms with Crippen molar-refractivity contribution in [2.24, 2.45) is 0 Å². The third kappa shape index (κ3) is 26.1. The molecule has 4 N–H and O–H groups in total. The minimum atomic E-state index is -5.03. The molecule has 0 heterocycles. The third-order valence-corrected chi connectivity index (χ3v) is 9.35. The van der Waals surface area contributed by atoms with Gasteiger partial charge in [0.2, 0.25) is 0 Å². The smallest absolute Gasteiger partial charge is 0.382 e. The first kappa shape index (κ1) is 45.1. The van der Waals surface area contributed by atoms with Gasteiger partial charge in [0.05, 0.1) is 6.61 Å². The maximum Gasteiger partial charge on any atom is 0.469 e. The van der Waals surface area contributed by atoms with Crippen LogP contribution in [0, 0.1) is 0 Å². The summed E-state index contributed by atoms with van der Waals surface area (Å²) in [6.07, 6.45) is 31.4. The van der Waals surface area contributed by atoms with Gasteiger partial charge in [0, 0.05) is 12.8 Å². The molecular weight excluding hydrogens is 603 g/mol.